The largest absolute Gasteiger partial charge is 0.507 e. The molecule has 18 heavy (non-hydrogen) atoms. The fourth-order valence-corrected chi connectivity index (χ4v) is 2.87. The van der Waals surface area contributed by atoms with Crippen LogP contribution in [0.2, 0.25) is 0 Å². The molecule has 0 radical (unpaired) electrons. The van der Waals surface area contributed by atoms with E-state index in [0.717, 1.165) is 16.5 Å². The van der Waals surface area contributed by atoms with Crippen molar-refractivity contribution in [3.8, 4) is 5.75 Å². The third kappa shape index (κ3) is 1.40. The van der Waals surface area contributed by atoms with Crippen molar-refractivity contribution in [2.45, 2.75) is 19.8 Å². The Labute approximate surface area is 106 Å². The zero-order valence-electron chi connectivity index (χ0n) is 10.5. The van der Waals surface area contributed by atoms with Crippen molar-refractivity contribution in [2.24, 2.45) is 0 Å². The molecule has 2 aromatic carbocycles. The third-order valence-corrected chi connectivity index (χ3v) is 3.66. The van der Waals surface area contributed by atoms with E-state index < -0.39 is 0 Å². The highest BCUT2D eigenvalue weighted by atomic mass is 16.3. The highest BCUT2D eigenvalue weighted by molar-refractivity contribution is 6.02. The molecule has 1 N–H and O–H groups in total. The molecule has 0 fully saturated rings. The van der Waals surface area contributed by atoms with E-state index in [4.69, 9.17) is 0 Å². The topological polar surface area (TPSA) is 40.5 Å². The molecule has 1 atom stereocenters. The monoisotopic (exact) mass is 241 g/mol. The van der Waals surface area contributed by atoms with Gasteiger partial charge in [-0.25, -0.2) is 0 Å². The van der Waals surface area contributed by atoms with E-state index in [0.29, 0.717) is 12.5 Å². The Hall–Kier alpha value is -2.03. The van der Waals surface area contributed by atoms with Crippen LogP contribution in [0, 0.1) is 0 Å². The summed E-state index contributed by atoms with van der Waals surface area (Å²) < 4.78 is 0. The molecule has 1 amide bonds. The van der Waals surface area contributed by atoms with Crippen LogP contribution >= 0.6 is 0 Å². The summed E-state index contributed by atoms with van der Waals surface area (Å²) in [6.45, 7) is 4.37. The second-order valence-electron chi connectivity index (χ2n) is 4.90. The van der Waals surface area contributed by atoms with Crippen molar-refractivity contribution in [2.75, 3.05) is 11.4 Å². The number of hydrogen-bond acceptors (Lipinski definition) is 2. The van der Waals surface area contributed by atoms with Crippen molar-refractivity contribution in [1.82, 2.24) is 0 Å². The van der Waals surface area contributed by atoms with Crippen LogP contribution < -0.4 is 4.90 Å². The normalized spacial score (nSPS) is 18.1. The minimum atomic E-state index is 0.0234. The maximum atomic E-state index is 11.6. The molecule has 1 aliphatic heterocycles. The number of fused-ring (bicyclic) bond motifs is 3. The number of carbonyl (C=O) groups excluding carboxylic acids is 1. The molecule has 0 bridgehead atoms. The number of anilines is 1. The van der Waals surface area contributed by atoms with Gasteiger partial charge in [-0.3, -0.25) is 4.79 Å². The Kier molecular flexibility index (Phi) is 2.30. The summed E-state index contributed by atoms with van der Waals surface area (Å²) in [4.78, 5) is 13.4. The number of carbonyl (C=O) groups is 1. The average Bonchev–Trinajstić information content (AvgIpc) is 2.67. The lowest BCUT2D eigenvalue weighted by molar-refractivity contribution is -0.116. The highest BCUT2D eigenvalue weighted by Gasteiger charge is 2.30. The molecule has 0 spiro atoms. The molecule has 0 aromatic heterocycles. The number of phenols is 1. The minimum absolute atomic E-state index is 0.0234. The standard InChI is InChI=1S/C15H15NO2/c1-9-8-16(10(2)17)13-7-14(18)11-5-3-4-6-12(11)15(9)13/h3-7,9,18H,8H2,1-2H3. The molecule has 1 unspecified atom stereocenters. The molecule has 0 saturated carbocycles. The number of rotatable bonds is 0. The molecule has 3 nitrogen and oxygen atoms in total. The lowest BCUT2D eigenvalue weighted by atomic mass is 9.95. The zero-order valence-corrected chi connectivity index (χ0v) is 10.5. The second-order valence-corrected chi connectivity index (χ2v) is 4.90. The summed E-state index contributed by atoms with van der Waals surface area (Å²) in [7, 11) is 0. The maximum absolute atomic E-state index is 11.6. The van der Waals surface area contributed by atoms with Crippen LogP contribution in [0.3, 0.4) is 0 Å². The highest BCUT2D eigenvalue weighted by Crippen LogP contribution is 2.44. The van der Waals surface area contributed by atoms with Crippen molar-refractivity contribution in [3.63, 3.8) is 0 Å². The van der Waals surface area contributed by atoms with Gasteiger partial charge in [0.2, 0.25) is 5.91 Å². The first-order valence-corrected chi connectivity index (χ1v) is 6.12. The van der Waals surface area contributed by atoms with Crippen molar-refractivity contribution < 1.29 is 9.90 Å². The molecule has 2 aromatic rings. The summed E-state index contributed by atoms with van der Waals surface area (Å²) >= 11 is 0. The molecule has 1 heterocycles. The van der Waals surface area contributed by atoms with E-state index in [1.165, 1.54) is 5.56 Å². The molecule has 1 aliphatic rings. The molecular weight excluding hydrogens is 226 g/mol. The molecular formula is C15H15NO2. The summed E-state index contributed by atoms with van der Waals surface area (Å²) in [6.07, 6.45) is 0. The predicted molar refractivity (Wildman–Crippen MR) is 72.1 cm³/mol. The minimum Gasteiger partial charge on any atom is -0.507 e. The van der Waals surface area contributed by atoms with Gasteiger partial charge in [-0.15, -0.1) is 0 Å². The smallest absolute Gasteiger partial charge is 0.223 e. The van der Waals surface area contributed by atoms with E-state index >= 15 is 0 Å². The van der Waals surface area contributed by atoms with Crippen molar-refractivity contribution >= 4 is 22.4 Å². The van der Waals surface area contributed by atoms with Gasteiger partial charge >= 0.3 is 0 Å². The summed E-state index contributed by atoms with van der Waals surface area (Å²) in [5.41, 5.74) is 2.02. The molecule has 0 saturated heterocycles. The van der Waals surface area contributed by atoms with Gasteiger partial charge in [-0.1, -0.05) is 31.2 Å². The SMILES string of the molecule is CC(=O)N1CC(C)c2c1cc(O)c1ccccc21. The van der Waals surface area contributed by atoms with Crippen LogP contribution in [-0.4, -0.2) is 17.6 Å². The van der Waals surface area contributed by atoms with E-state index in [-0.39, 0.29) is 11.7 Å². The Bertz CT molecular complexity index is 648. The van der Waals surface area contributed by atoms with Crippen LogP contribution in [0.4, 0.5) is 5.69 Å². The van der Waals surface area contributed by atoms with E-state index in [1.807, 2.05) is 24.3 Å². The Morgan fingerprint density at radius 2 is 2.00 bits per heavy atom. The second kappa shape index (κ2) is 3.73. The van der Waals surface area contributed by atoms with Gasteiger partial charge in [0.1, 0.15) is 5.75 Å². The number of aromatic hydroxyl groups is 1. The van der Waals surface area contributed by atoms with Gasteiger partial charge in [0.05, 0.1) is 5.69 Å². The lowest BCUT2D eigenvalue weighted by Crippen LogP contribution is -2.26. The van der Waals surface area contributed by atoms with Crippen molar-refractivity contribution in [3.05, 3.63) is 35.9 Å². The van der Waals surface area contributed by atoms with E-state index in [1.54, 1.807) is 17.9 Å². The number of hydrogen-bond donors (Lipinski definition) is 1. The first-order valence-electron chi connectivity index (χ1n) is 6.12. The fraction of sp³-hybridized carbons (Fsp3) is 0.267. The van der Waals surface area contributed by atoms with Crippen LogP contribution in [0.5, 0.6) is 5.75 Å². The van der Waals surface area contributed by atoms with Crippen molar-refractivity contribution in [1.29, 1.82) is 0 Å². The van der Waals surface area contributed by atoms with Gasteiger partial charge in [-0.2, -0.15) is 0 Å². The Morgan fingerprint density at radius 1 is 1.33 bits per heavy atom. The molecule has 3 rings (SSSR count). The molecule has 92 valence electrons. The van der Waals surface area contributed by atoms with E-state index in [2.05, 4.69) is 6.92 Å². The fourth-order valence-electron chi connectivity index (χ4n) is 2.87. The zero-order chi connectivity index (χ0) is 12.9. The van der Waals surface area contributed by atoms with Gasteiger partial charge in [0, 0.05) is 30.8 Å². The molecule has 3 heteroatoms. The third-order valence-electron chi connectivity index (χ3n) is 3.66. The predicted octanol–water partition coefficient (Wildman–Crippen LogP) is 3.02. The van der Waals surface area contributed by atoms with Crippen LogP contribution in [-0.2, 0) is 4.79 Å². The summed E-state index contributed by atoms with van der Waals surface area (Å²) in [5.74, 6) is 0.564. The first-order chi connectivity index (χ1) is 8.59. The Balaban J connectivity index is 2.37. The van der Waals surface area contributed by atoms with Gasteiger partial charge in [0.15, 0.2) is 0 Å². The van der Waals surface area contributed by atoms with Crippen LogP contribution in [0.25, 0.3) is 10.8 Å². The van der Waals surface area contributed by atoms with Crippen LogP contribution in [0.15, 0.2) is 30.3 Å². The number of phenolic OH excluding ortho intramolecular Hbond substituents is 1. The van der Waals surface area contributed by atoms with Gasteiger partial charge < -0.3 is 10.0 Å². The first kappa shape index (κ1) is 11.1. The van der Waals surface area contributed by atoms with Gasteiger partial charge in [0.25, 0.3) is 0 Å². The Morgan fingerprint density at radius 3 is 2.67 bits per heavy atom. The molecule has 0 aliphatic carbocycles. The van der Waals surface area contributed by atoms with Crippen LogP contribution in [0.1, 0.15) is 25.3 Å². The number of benzene rings is 2. The summed E-state index contributed by atoms with van der Waals surface area (Å²) in [5, 5.41) is 12.0. The van der Waals surface area contributed by atoms with E-state index in [9.17, 15) is 9.90 Å². The average molecular weight is 241 g/mol. The maximum Gasteiger partial charge on any atom is 0.223 e. The number of amides is 1. The summed E-state index contributed by atoms with van der Waals surface area (Å²) in [6, 6.07) is 9.51. The quantitative estimate of drug-likeness (QED) is 0.770. The number of nitrogens with zero attached hydrogens (tertiary/aromatic N) is 1. The lowest BCUT2D eigenvalue weighted by Gasteiger charge is -2.15. The van der Waals surface area contributed by atoms with Gasteiger partial charge in [-0.05, 0) is 10.9 Å².